The predicted octanol–water partition coefficient (Wildman–Crippen LogP) is 2.46. The first-order chi connectivity index (χ1) is 16.1. The van der Waals surface area contributed by atoms with Gasteiger partial charge < -0.3 is 20.7 Å². The van der Waals surface area contributed by atoms with Crippen molar-refractivity contribution < 1.29 is 28.1 Å². The van der Waals surface area contributed by atoms with Crippen LogP contribution in [-0.4, -0.2) is 62.3 Å². The Hall–Kier alpha value is -3.06. The van der Waals surface area contributed by atoms with Crippen molar-refractivity contribution in [2.24, 2.45) is 15.7 Å². The zero-order valence-electron chi connectivity index (χ0n) is 17.9. The molecule has 0 radical (unpaired) electrons. The van der Waals surface area contributed by atoms with Gasteiger partial charge in [-0.05, 0) is 25.1 Å². The van der Waals surface area contributed by atoms with Crippen molar-refractivity contribution in [3.63, 3.8) is 0 Å². The molecule has 4 atom stereocenters. The Kier molecular flexibility index (Phi) is 8.20. The molecule has 3 rings (SSSR count). The zero-order chi connectivity index (χ0) is 25.0. The fraction of sp³-hybridized carbons (Fsp3) is 0.333. The maximum Gasteiger partial charge on any atom is 0.194 e. The van der Waals surface area contributed by atoms with E-state index in [9.17, 15) is 23.4 Å². The van der Waals surface area contributed by atoms with Crippen molar-refractivity contribution in [1.82, 2.24) is 15.0 Å². The highest BCUT2D eigenvalue weighted by Crippen LogP contribution is 2.32. The number of hydrogen-bond donors (Lipinski definition) is 3. The van der Waals surface area contributed by atoms with E-state index in [2.05, 4.69) is 26.9 Å². The number of aliphatic hydroxyl groups is 2. The molecule has 1 aliphatic heterocycles. The molecule has 0 aliphatic carbocycles. The molecule has 1 aliphatic rings. The standard InChI is InChI=1S/C21H22ClF3N6O3/c1-10(22)3-11(2)28-21(27-9-26)17-6-16(20(33)18(8-32)34-17)31-7-15(29-30-31)12-4-13(23)19(25)14(24)5-12/h3-5,7,9,16-18,20,32-33H,2,6,8H2,1H3,(H2,26,27,28)/b10-3+. The summed E-state index contributed by atoms with van der Waals surface area (Å²) in [4.78, 5) is 8.28. The summed E-state index contributed by atoms with van der Waals surface area (Å²) in [5.41, 5.74) is 5.70. The number of aromatic nitrogens is 3. The van der Waals surface area contributed by atoms with Gasteiger partial charge >= 0.3 is 0 Å². The van der Waals surface area contributed by atoms with Crippen LogP contribution in [-0.2, 0) is 4.74 Å². The molecule has 1 aromatic carbocycles. The Morgan fingerprint density at radius 2 is 2.06 bits per heavy atom. The van der Waals surface area contributed by atoms with Crippen molar-refractivity contribution in [3.8, 4) is 11.3 Å². The highest BCUT2D eigenvalue weighted by molar-refractivity contribution is 6.29. The molecule has 0 saturated carbocycles. The summed E-state index contributed by atoms with van der Waals surface area (Å²) >= 11 is 5.85. The average Bonchev–Trinajstić information content (AvgIpc) is 3.26. The van der Waals surface area contributed by atoms with E-state index in [1.54, 1.807) is 6.92 Å². The lowest BCUT2D eigenvalue weighted by molar-refractivity contribution is -0.137. The van der Waals surface area contributed by atoms with Gasteiger partial charge in [0.05, 0.1) is 30.9 Å². The first kappa shape index (κ1) is 25.6. The number of amidine groups is 1. The summed E-state index contributed by atoms with van der Waals surface area (Å²) < 4.78 is 47.6. The summed E-state index contributed by atoms with van der Waals surface area (Å²) in [6.45, 7) is 4.87. The van der Waals surface area contributed by atoms with E-state index in [1.807, 2.05) is 0 Å². The molecule has 1 fully saturated rings. The number of halogens is 4. The normalized spacial score (nSPS) is 24.1. The second kappa shape index (κ2) is 10.9. The van der Waals surface area contributed by atoms with Gasteiger partial charge in [0.1, 0.15) is 24.0 Å². The van der Waals surface area contributed by atoms with Gasteiger partial charge in [-0.2, -0.15) is 0 Å². The summed E-state index contributed by atoms with van der Waals surface area (Å²) in [7, 11) is 0. The number of allylic oxidation sites excluding steroid dienone is 2. The number of rotatable bonds is 6. The number of aliphatic imine (C=N–C) groups is 2. The van der Waals surface area contributed by atoms with Gasteiger partial charge in [0.2, 0.25) is 0 Å². The molecule has 9 nitrogen and oxygen atoms in total. The van der Waals surface area contributed by atoms with Crippen molar-refractivity contribution in [1.29, 1.82) is 0 Å². The first-order valence-corrected chi connectivity index (χ1v) is 10.4. The van der Waals surface area contributed by atoms with Crippen molar-refractivity contribution in [3.05, 3.63) is 59.2 Å². The van der Waals surface area contributed by atoms with Crippen LogP contribution in [0.3, 0.4) is 0 Å². The Labute approximate surface area is 197 Å². The monoisotopic (exact) mass is 498 g/mol. The minimum Gasteiger partial charge on any atom is -0.394 e. The van der Waals surface area contributed by atoms with E-state index in [4.69, 9.17) is 22.1 Å². The van der Waals surface area contributed by atoms with Crippen LogP contribution in [0.4, 0.5) is 13.2 Å². The Morgan fingerprint density at radius 1 is 1.38 bits per heavy atom. The minimum atomic E-state index is -1.60. The second-order valence-corrected chi connectivity index (χ2v) is 8.04. The molecule has 0 bridgehead atoms. The fourth-order valence-electron chi connectivity index (χ4n) is 3.48. The molecule has 13 heteroatoms. The third-order valence-electron chi connectivity index (χ3n) is 5.00. The van der Waals surface area contributed by atoms with Gasteiger partial charge in [-0.3, -0.25) is 0 Å². The molecule has 182 valence electrons. The quantitative estimate of drug-likeness (QED) is 0.243. The van der Waals surface area contributed by atoms with Crippen LogP contribution in [0.25, 0.3) is 11.3 Å². The number of nitrogens with two attached hydrogens (primary N) is 1. The molecule has 4 unspecified atom stereocenters. The molecular weight excluding hydrogens is 477 g/mol. The summed E-state index contributed by atoms with van der Waals surface area (Å²) in [5, 5.41) is 28.7. The lowest BCUT2D eigenvalue weighted by Gasteiger charge is -2.38. The van der Waals surface area contributed by atoms with Gasteiger partial charge in [0.15, 0.2) is 23.3 Å². The largest absolute Gasteiger partial charge is 0.394 e. The van der Waals surface area contributed by atoms with Crippen LogP contribution < -0.4 is 5.73 Å². The highest BCUT2D eigenvalue weighted by Gasteiger charge is 2.41. The van der Waals surface area contributed by atoms with E-state index >= 15 is 0 Å². The number of ether oxygens (including phenoxy) is 1. The summed E-state index contributed by atoms with van der Waals surface area (Å²) in [5.74, 6) is -4.24. The average molecular weight is 499 g/mol. The fourth-order valence-corrected chi connectivity index (χ4v) is 3.61. The molecule has 2 heterocycles. The minimum absolute atomic E-state index is 0.0403. The molecular formula is C21H22ClF3N6O3. The lowest BCUT2D eigenvalue weighted by Crippen LogP contribution is -2.49. The van der Waals surface area contributed by atoms with Crippen LogP contribution in [0.1, 0.15) is 19.4 Å². The SMILES string of the molecule is C=C(/C=C(\C)Cl)N=C(N=CN)C1CC(n2cc(-c3cc(F)c(F)c(F)c3)nn2)C(O)C(CO)O1. The van der Waals surface area contributed by atoms with Crippen LogP contribution in [0.15, 0.2) is 51.7 Å². The van der Waals surface area contributed by atoms with Crippen LogP contribution in [0.2, 0.25) is 0 Å². The first-order valence-electron chi connectivity index (χ1n) is 10.0. The van der Waals surface area contributed by atoms with E-state index < -0.39 is 48.4 Å². The maximum absolute atomic E-state index is 13.6. The molecule has 34 heavy (non-hydrogen) atoms. The highest BCUT2D eigenvalue weighted by atomic mass is 35.5. The maximum atomic E-state index is 13.6. The summed E-state index contributed by atoms with van der Waals surface area (Å²) in [6.07, 6.45) is 0.781. The van der Waals surface area contributed by atoms with Gasteiger partial charge in [-0.25, -0.2) is 27.8 Å². The van der Waals surface area contributed by atoms with Crippen LogP contribution >= 0.6 is 11.6 Å². The smallest absolute Gasteiger partial charge is 0.194 e. The third-order valence-corrected chi connectivity index (χ3v) is 5.11. The number of hydrogen-bond acceptors (Lipinski definition) is 6. The van der Waals surface area contributed by atoms with Crippen LogP contribution in [0.5, 0.6) is 0 Å². The van der Waals surface area contributed by atoms with Crippen molar-refractivity contribution >= 4 is 23.8 Å². The summed E-state index contributed by atoms with van der Waals surface area (Å²) in [6, 6.07) is 0.764. The van der Waals surface area contributed by atoms with Crippen molar-refractivity contribution in [2.75, 3.05) is 6.61 Å². The van der Waals surface area contributed by atoms with E-state index in [1.165, 1.54) is 17.0 Å². The topological polar surface area (TPSA) is 131 Å². The molecule has 1 saturated heterocycles. The Bertz CT molecular complexity index is 1130. The zero-order valence-corrected chi connectivity index (χ0v) is 18.7. The van der Waals surface area contributed by atoms with Gasteiger partial charge in [0, 0.05) is 17.0 Å². The lowest BCUT2D eigenvalue weighted by atomic mass is 9.95. The number of aliphatic hydroxyl groups excluding tert-OH is 2. The third kappa shape index (κ3) is 5.70. The Morgan fingerprint density at radius 3 is 2.65 bits per heavy atom. The number of benzene rings is 1. The van der Waals surface area contributed by atoms with E-state index in [-0.39, 0.29) is 29.2 Å². The predicted molar refractivity (Wildman–Crippen MR) is 120 cm³/mol. The number of nitrogens with zero attached hydrogens (tertiary/aromatic N) is 5. The van der Waals surface area contributed by atoms with Gasteiger partial charge in [-0.15, -0.1) is 5.10 Å². The Balaban J connectivity index is 1.94. The molecule has 4 N–H and O–H groups in total. The molecule has 2 aromatic rings. The van der Waals surface area contributed by atoms with Crippen molar-refractivity contribution in [2.45, 2.75) is 37.7 Å². The molecule has 0 spiro atoms. The molecule has 0 amide bonds. The van der Waals surface area contributed by atoms with Gasteiger partial charge in [-0.1, -0.05) is 23.4 Å². The van der Waals surface area contributed by atoms with E-state index in [0.717, 1.165) is 18.5 Å². The molecule has 1 aromatic heterocycles. The van der Waals surface area contributed by atoms with Gasteiger partial charge in [0.25, 0.3) is 0 Å². The second-order valence-electron chi connectivity index (χ2n) is 7.45. The van der Waals surface area contributed by atoms with E-state index in [0.29, 0.717) is 5.03 Å². The van der Waals surface area contributed by atoms with Crippen LogP contribution in [0, 0.1) is 17.5 Å².